The Hall–Kier alpha value is -0.420. The number of nitrogens with one attached hydrogen (secondary N) is 1. The maximum Gasteiger partial charge on any atom is 0.326 e. The van der Waals surface area contributed by atoms with Gasteiger partial charge >= 0.3 is 7.60 Å². The summed E-state index contributed by atoms with van der Waals surface area (Å²) in [6.07, 6.45) is -0.465. The van der Waals surface area contributed by atoms with Crippen LogP contribution in [0.15, 0.2) is 0 Å². The number of nitrogens with zero attached hydrogens (tertiary/aromatic N) is 1. The van der Waals surface area contributed by atoms with Gasteiger partial charge in [-0.25, -0.2) is 0 Å². The highest BCUT2D eigenvalue weighted by atomic mass is 31.2. The second kappa shape index (κ2) is 7.79. The molecule has 16 heavy (non-hydrogen) atoms. The Morgan fingerprint density at radius 2 is 2.00 bits per heavy atom. The van der Waals surface area contributed by atoms with Crippen molar-refractivity contribution in [2.24, 2.45) is 0 Å². The third-order valence-electron chi connectivity index (χ3n) is 2.16. The highest BCUT2D eigenvalue weighted by Gasteiger charge is 2.18. The van der Waals surface area contributed by atoms with Gasteiger partial charge in [-0.1, -0.05) is 6.92 Å². The first-order chi connectivity index (χ1) is 7.40. The normalized spacial score (nSPS) is 11.5. The lowest BCUT2D eigenvalue weighted by molar-refractivity contribution is -0.130. The van der Waals surface area contributed by atoms with Gasteiger partial charge in [-0.15, -0.1) is 0 Å². The van der Waals surface area contributed by atoms with E-state index in [1.54, 1.807) is 4.90 Å². The molecule has 7 heteroatoms. The predicted molar refractivity (Wildman–Crippen MR) is 62.3 cm³/mol. The molecule has 0 radical (unpaired) electrons. The summed E-state index contributed by atoms with van der Waals surface area (Å²) in [6, 6.07) is 0. The van der Waals surface area contributed by atoms with Crippen LogP contribution in [0.2, 0.25) is 0 Å². The molecule has 3 N–H and O–H groups in total. The molecule has 0 aliphatic heterocycles. The molecule has 0 atom stereocenters. The molecule has 0 aliphatic rings. The molecule has 0 aromatic heterocycles. The molecule has 0 spiro atoms. The van der Waals surface area contributed by atoms with Gasteiger partial charge < -0.3 is 20.0 Å². The van der Waals surface area contributed by atoms with E-state index in [1.165, 1.54) is 0 Å². The van der Waals surface area contributed by atoms with Gasteiger partial charge in [-0.05, 0) is 13.5 Å². The van der Waals surface area contributed by atoms with Crippen molar-refractivity contribution in [2.75, 3.05) is 32.3 Å². The van der Waals surface area contributed by atoms with Crippen molar-refractivity contribution in [3.63, 3.8) is 0 Å². The molecule has 0 bridgehead atoms. The van der Waals surface area contributed by atoms with Crippen LogP contribution in [0.5, 0.6) is 0 Å². The lowest BCUT2D eigenvalue weighted by Gasteiger charge is -2.21. The smallest absolute Gasteiger partial charge is 0.326 e. The van der Waals surface area contributed by atoms with E-state index in [-0.39, 0.29) is 18.5 Å². The summed E-state index contributed by atoms with van der Waals surface area (Å²) in [5.41, 5.74) is 0. The summed E-state index contributed by atoms with van der Waals surface area (Å²) in [4.78, 5) is 30.5. The maximum absolute atomic E-state index is 11.6. The maximum atomic E-state index is 11.6. The number of carbonyl (C=O) groups excluding carboxylic acids is 1. The van der Waals surface area contributed by atoms with Crippen molar-refractivity contribution in [2.45, 2.75) is 20.3 Å². The Morgan fingerprint density at radius 3 is 2.44 bits per heavy atom. The number of hydrogen-bond donors (Lipinski definition) is 3. The zero-order valence-corrected chi connectivity index (χ0v) is 10.7. The van der Waals surface area contributed by atoms with Crippen LogP contribution in [0.1, 0.15) is 20.3 Å². The molecule has 0 fully saturated rings. The highest BCUT2D eigenvalue weighted by Crippen LogP contribution is 2.34. The van der Waals surface area contributed by atoms with Crippen molar-refractivity contribution in [3.05, 3.63) is 0 Å². The number of carbonyl (C=O) groups is 1. The van der Waals surface area contributed by atoms with Crippen LogP contribution in [0, 0.1) is 0 Å². The Kier molecular flexibility index (Phi) is 7.58. The molecule has 0 unspecified atom stereocenters. The minimum Gasteiger partial charge on any atom is -0.342 e. The molecule has 1 amide bonds. The lowest BCUT2D eigenvalue weighted by Crippen LogP contribution is -2.37. The third-order valence-corrected chi connectivity index (χ3v) is 2.97. The van der Waals surface area contributed by atoms with Crippen molar-refractivity contribution >= 4 is 13.5 Å². The van der Waals surface area contributed by atoms with E-state index < -0.39 is 7.60 Å². The quantitative estimate of drug-likeness (QED) is 0.418. The van der Waals surface area contributed by atoms with Gasteiger partial charge in [0.1, 0.15) is 0 Å². The van der Waals surface area contributed by atoms with Crippen LogP contribution in [0.3, 0.4) is 0 Å². The standard InChI is InChI=1S/C9H21N2O4P/c1-3-10-6-7-11(4-2)9(12)5-8-16(13,14)15/h10H,3-8H2,1-2H3,(H2,13,14,15). The molecule has 0 aromatic carbocycles. The van der Waals surface area contributed by atoms with Gasteiger partial charge in [0.15, 0.2) is 0 Å². The second-order valence-corrected chi connectivity index (χ2v) is 5.24. The van der Waals surface area contributed by atoms with E-state index >= 15 is 0 Å². The number of likely N-dealkylation sites (N-methyl/N-ethyl adjacent to an activating group) is 2. The van der Waals surface area contributed by atoms with Crippen molar-refractivity contribution in [1.82, 2.24) is 10.2 Å². The monoisotopic (exact) mass is 252 g/mol. The molecule has 0 heterocycles. The van der Waals surface area contributed by atoms with Gasteiger partial charge in [-0.2, -0.15) is 0 Å². The number of hydrogen-bond acceptors (Lipinski definition) is 3. The molecule has 6 nitrogen and oxygen atoms in total. The zero-order chi connectivity index (χ0) is 12.6. The third kappa shape index (κ3) is 7.82. The first kappa shape index (κ1) is 15.6. The van der Waals surface area contributed by atoms with Crippen LogP contribution in [0.4, 0.5) is 0 Å². The Morgan fingerprint density at radius 1 is 1.38 bits per heavy atom. The Labute approximate surface area is 96.2 Å². The molecular weight excluding hydrogens is 231 g/mol. The molecule has 0 aliphatic carbocycles. The summed E-state index contributed by atoms with van der Waals surface area (Å²) < 4.78 is 10.6. The topological polar surface area (TPSA) is 89.9 Å². The van der Waals surface area contributed by atoms with Crippen LogP contribution < -0.4 is 5.32 Å². The summed E-state index contributed by atoms with van der Waals surface area (Å²) in [5.74, 6) is -0.205. The average Bonchev–Trinajstić information content (AvgIpc) is 2.20. The largest absolute Gasteiger partial charge is 0.342 e. The van der Waals surface area contributed by atoms with E-state index in [2.05, 4.69) is 5.32 Å². The Bertz CT molecular complexity index is 254. The van der Waals surface area contributed by atoms with Crippen molar-refractivity contribution < 1.29 is 19.1 Å². The van der Waals surface area contributed by atoms with Crippen LogP contribution in [0.25, 0.3) is 0 Å². The summed E-state index contributed by atoms with van der Waals surface area (Å²) in [6.45, 7) is 6.50. The van der Waals surface area contributed by atoms with Crippen LogP contribution in [-0.2, 0) is 9.36 Å². The fourth-order valence-corrected chi connectivity index (χ4v) is 1.73. The molecule has 96 valence electrons. The first-order valence-corrected chi connectivity index (χ1v) is 7.23. The molecule has 0 rings (SSSR count). The number of rotatable bonds is 8. The summed E-state index contributed by atoms with van der Waals surface area (Å²) in [7, 11) is -4.06. The molecule has 0 aromatic rings. The minimum absolute atomic E-state index is 0.0930. The average molecular weight is 252 g/mol. The van der Waals surface area contributed by atoms with Gasteiger partial charge in [-0.3, -0.25) is 9.36 Å². The van der Waals surface area contributed by atoms with Crippen LogP contribution >= 0.6 is 7.60 Å². The second-order valence-electron chi connectivity index (χ2n) is 3.47. The van der Waals surface area contributed by atoms with E-state index in [1.807, 2.05) is 13.8 Å². The van der Waals surface area contributed by atoms with Crippen molar-refractivity contribution in [1.29, 1.82) is 0 Å². The summed E-state index contributed by atoms with van der Waals surface area (Å²) >= 11 is 0. The Balaban J connectivity index is 3.96. The minimum atomic E-state index is -4.06. The molecular formula is C9H21N2O4P. The predicted octanol–water partition coefficient (Wildman–Crippen LogP) is 0.0122. The van der Waals surface area contributed by atoms with Gasteiger partial charge in [0, 0.05) is 26.1 Å². The van der Waals surface area contributed by atoms with Crippen LogP contribution in [-0.4, -0.2) is 52.9 Å². The van der Waals surface area contributed by atoms with Gasteiger partial charge in [0.2, 0.25) is 5.91 Å². The van der Waals surface area contributed by atoms with E-state index in [9.17, 15) is 9.36 Å². The van der Waals surface area contributed by atoms with E-state index in [4.69, 9.17) is 9.79 Å². The van der Waals surface area contributed by atoms with E-state index in [0.717, 1.165) is 6.54 Å². The SMILES string of the molecule is CCNCCN(CC)C(=O)CCP(=O)(O)O. The van der Waals surface area contributed by atoms with E-state index in [0.29, 0.717) is 19.6 Å². The van der Waals surface area contributed by atoms with Crippen molar-refractivity contribution in [3.8, 4) is 0 Å². The fraction of sp³-hybridized carbons (Fsp3) is 0.889. The molecule has 0 saturated heterocycles. The number of amides is 1. The first-order valence-electron chi connectivity index (χ1n) is 5.43. The fourth-order valence-electron chi connectivity index (χ4n) is 1.25. The van der Waals surface area contributed by atoms with Gasteiger partial charge in [0.25, 0.3) is 0 Å². The summed E-state index contributed by atoms with van der Waals surface area (Å²) in [5, 5.41) is 3.09. The zero-order valence-electron chi connectivity index (χ0n) is 9.85. The lowest BCUT2D eigenvalue weighted by atomic mass is 10.3. The highest BCUT2D eigenvalue weighted by molar-refractivity contribution is 7.51. The van der Waals surface area contributed by atoms with Gasteiger partial charge in [0.05, 0.1) is 6.16 Å². The molecule has 0 saturated carbocycles.